The number of hydrogen-bond donors (Lipinski definition) is 1. The summed E-state index contributed by atoms with van der Waals surface area (Å²) < 4.78 is 22.2. The van der Waals surface area contributed by atoms with E-state index in [1.807, 2.05) is 0 Å². The lowest BCUT2D eigenvalue weighted by Gasteiger charge is -2.12. The molecule has 2 rings (SSSR count). The van der Waals surface area contributed by atoms with E-state index in [0.717, 1.165) is 6.26 Å². The molecule has 0 fully saturated rings. The van der Waals surface area contributed by atoms with Gasteiger partial charge < -0.3 is 14.6 Å². The van der Waals surface area contributed by atoms with E-state index in [1.165, 1.54) is 6.07 Å². The minimum absolute atomic E-state index is 0.0248. The van der Waals surface area contributed by atoms with E-state index in [1.54, 1.807) is 24.3 Å². The molecule has 0 saturated heterocycles. The summed E-state index contributed by atoms with van der Waals surface area (Å²) in [6.07, 6.45) is 0.839. The van der Waals surface area contributed by atoms with Gasteiger partial charge in [-0.2, -0.15) is 4.98 Å². The van der Waals surface area contributed by atoms with Crippen molar-refractivity contribution < 1.29 is 23.8 Å². The molecule has 9 heteroatoms. The van der Waals surface area contributed by atoms with Gasteiger partial charge in [-0.3, -0.25) is 0 Å². The fraction of sp³-hybridized carbons (Fsp3) is 0.125. The van der Waals surface area contributed by atoms with Crippen molar-refractivity contribution in [1.29, 1.82) is 0 Å². The molecule has 0 radical (unpaired) electrons. The predicted molar refractivity (Wildman–Crippen MR) is 92.7 cm³/mol. The molecular weight excluding hydrogens is 396 g/mol. The molecule has 25 heavy (non-hydrogen) atoms. The summed E-state index contributed by atoms with van der Waals surface area (Å²) in [5.74, 6) is -1.22. The maximum atomic E-state index is 12.2. The molecule has 1 aromatic heterocycles. The first-order chi connectivity index (χ1) is 11.9. The lowest BCUT2D eigenvalue weighted by Crippen LogP contribution is -2.07. The Morgan fingerprint density at radius 3 is 2.64 bits per heavy atom. The molecule has 132 valence electrons. The molecule has 0 aliphatic heterocycles. The third-order valence-corrected chi connectivity index (χ3v) is 3.96. The van der Waals surface area contributed by atoms with E-state index in [9.17, 15) is 14.3 Å². The molecular formula is C16H11Cl3FNO4. The lowest BCUT2D eigenvalue weighted by atomic mass is 10.0. The number of nitrogens with zero attached hydrogens (tertiary/aromatic N) is 1. The standard InChI is InChI=1S/C16H11Cl3FNO4/c17-12-5-13(18)15(21-14(12)19)25-6-9-3-1-2-4-10(9)11(16(22)23)7-24-8-20/h1-5,7H,6,8H2,(H,22,23). The molecule has 0 aliphatic rings. The summed E-state index contributed by atoms with van der Waals surface area (Å²) in [7, 11) is 0. The number of carboxylic acid groups (broad SMARTS) is 1. The maximum absolute atomic E-state index is 12.2. The van der Waals surface area contributed by atoms with E-state index in [4.69, 9.17) is 39.5 Å². The highest BCUT2D eigenvalue weighted by atomic mass is 35.5. The number of alkyl halides is 1. The van der Waals surface area contributed by atoms with Crippen molar-refractivity contribution in [3.05, 3.63) is 62.9 Å². The van der Waals surface area contributed by atoms with E-state index < -0.39 is 12.8 Å². The van der Waals surface area contributed by atoms with Crippen LogP contribution in [0.25, 0.3) is 5.57 Å². The summed E-state index contributed by atoms with van der Waals surface area (Å²) in [6, 6.07) is 7.91. The Morgan fingerprint density at radius 1 is 1.24 bits per heavy atom. The molecule has 1 aromatic carbocycles. The van der Waals surface area contributed by atoms with Crippen molar-refractivity contribution in [3.63, 3.8) is 0 Å². The van der Waals surface area contributed by atoms with Crippen LogP contribution in [0, 0.1) is 0 Å². The Bertz CT molecular complexity index is 814. The van der Waals surface area contributed by atoms with Gasteiger partial charge in [0.2, 0.25) is 12.7 Å². The van der Waals surface area contributed by atoms with Gasteiger partial charge in [0.25, 0.3) is 0 Å². The SMILES string of the molecule is O=C(O)C(=COCF)c1ccccc1COc1nc(Cl)c(Cl)cc1Cl. The van der Waals surface area contributed by atoms with Crippen LogP contribution in [0.5, 0.6) is 5.88 Å². The van der Waals surface area contributed by atoms with Gasteiger partial charge in [0.05, 0.1) is 5.02 Å². The molecule has 5 nitrogen and oxygen atoms in total. The number of carboxylic acids is 1. The number of pyridine rings is 1. The van der Waals surface area contributed by atoms with Crippen molar-refractivity contribution in [1.82, 2.24) is 4.98 Å². The van der Waals surface area contributed by atoms with Gasteiger partial charge in [-0.25, -0.2) is 9.18 Å². The van der Waals surface area contributed by atoms with E-state index in [0.29, 0.717) is 11.1 Å². The van der Waals surface area contributed by atoms with Crippen molar-refractivity contribution in [3.8, 4) is 5.88 Å². The normalized spacial score (nSPS) is 11.3. The number of aliphatic carboxylic acids is 1. The smallest absolute Gasteiger partial charge is 0.339 e. The van der Waals surface area contributed by atoms with Crippen LogP contribution >= 0.6 is 34.8 Å². The number of halogens is 4. The van der Waals surface area contributed by atoms with Crippen LogP contribution < -0.4 is 4.74 Å². The fourth-order valence-electron chi connectivity index (χ4n) is 1.93. The molecule has 1 N–H and O–H groups in total. The van der Waals surface area contributed by atoms with Crippen LogP contribution in [0.15, 0.2) is 36.6 Å². The van der Waals surface area contributed by atoms with Crippen LogP contribution in [-0.2, 0) is 16.1 Å². The van der Waals surface area contributed by atoms with Crippen molar-refractivity contribution >= 4 is 46.3 Å². The largest absolute Gasteiger partial charge is 0.478 e. The minimum atomic E-state index is -1.27. The van der Waals surface area contributed by atoms with Gasteiger partial charge >= 0.3 is 5.97 Å². The van der Waals surface area contributed by atoms with E-state index in [-0.39, 0.29) is 33.3 Å². The summed E-state index contributed by atoms with van der Waals surface area (Å²) in [5.41, 5.74) is 0.590. The third-order valence-electron chi connectivity index (χ3n) is 3.02. The van der Waals surface area contributed by atoms with Crippen LogP contribution in [0.4, 0.5) is 4.39 Å². The third kappa shape index (κ3) is 4.98. The highest BCUT2D eigenvalue weighted by Gasteiger charge is 2.16. The molecule has 0 aliphatic carbocycles. The quantitative estimate of drug-likeness (QED) is 0.398. The second-order valence-corrected chi connectivity index (χ2v) is 5.78. The predicted octanol–water partition coefficient (Wildman–Crippen LogP) is 4.99. The molecule has 0 spiro atoms. The second kappa shape index (κ2) is 8.89. The topological polar surface area (TPSA) is 68.7 Å². The van der Waals surface area contributed by atoms with Crippen LogP contribution in [0.2, 0.25) is 15.2 Å². The van der Waals surface area contributed by atoms with E-state index in [2.05, 4.69) is 9.72 Å². The zero-order chi connectivity index (χ0) is 18.4. The Morgan fingerprint density at radius 2 is 1.96 bits per heavy atom. The van der Waals surface area contributed by atoms with Gasteiger partial charge in [0.15, 0.2) is 5.15 Å². The van der Waals surface area contributed by atoms with Gasteiger partial charge in [-0.15, -0.1) is 0 Å². The maximum Gasteiger partial charge on any atom is 0.339 e. The molecule has 1 heterocycles. The number of hydrogen-bond acceptors (Lipinski definition) is 4. The first-order valence-corrected chi connectivity index (χ1v) is 7.91. The van der Waals surface area contributed by atoms with E-state index >= 15 is 0 Å². The molecule has 0 bridgehead atoms. The summed E-state index contributed by atoms with van der Waals surface area (Å²) in [4.78, 5) is 15.3. The molecule has 2 aromatic rings. The number of rotatable bonds is 7. The van der Waals surface area contributed by atoms with Crippen LogP contribution in [0.3, 0.4) is 0 Å². The number of ether oxygens (including phenoxy) is 2. The number of aromatic nitrogens is 1. The van der Waals surface area contributed by atoms with Crippen LogP contribution in [-0.4, -0.2) is 22.9 Å². The fourth-order valence-corrected chi connectivity index (χ4v) is 2.47. The zero-order valence-electron chi connectivity index (χ0n) is 12.5. The van der Waals surface area contributed by atoms with Gasteiger partial charge in [-0.1, -0.05) is 59.1 Å². The average molecular weight is 407 g/mol. The number of benzene rings is 1. The van der Waals surface area contributed by atoms with Crippen molar-refractivity contribution in [2.75, 3.05) is 6.86 Å². The Kier molecular flexibility index (Phi) is 6.87. The van der Waals surface area contributed by atoms with Gasteiger partial charge in [0.1, 0.15) is 23.5 Å². The highest BCUT2D eigenvalue weighted by Crippen LogP contribution is 2.31. The zero-order valence-corrected chi connectivity index (χ0v) is 14.8. The average Bonchev–Trinajstić information content (AvgIpc) is 2.58. The number of carbonyl (C=O) groups is 1. The first kappa shape index (κ1) is 19.3. The molecule has 0 saturated carbocycles. The minimum Gasteiger partial charge on any atom is -0.478 e. The lowest BCUT2D eigenvalue weighted by molar-refractivity contribution is -0.130. The van der Waals surface area contributed by atoms with Crippen molar-refractivity contribution in [2.24, 2.45) is 0 Å². The van der Waals surface area contributed by atoms with Gasteiger partial charge in [0, 0.05) is 0 Å². The molecule has 0 unspecified atom stereocenters. The Balaban J connectivity index is 2.29. The summed E-state index contributed by atoms with van der Waals surface area (Å²) in [6.45, 7) is -1.20. The second-order valence-electron chi connectivity index (χ2n) is 4.61. The summed E-state index contributed by atoms with van der Waals surface area (Å²) >= 11 is 17.6. The monoisotopic (exact) mass is 405 g/mol. The molecule has 0 atom stereocenters. The van der Waals surface area contributed by atoms with Gasteiger partial charge in [-0.05, 0) is 17.2 Å². The Labute approximate surface area is 157 Å². The first-order valence-electron chi connectivity index (χ1n) is 6.77. The Hall–Kier alpha value is -2.02. The van der Waals surface area contributed by atoms with Crippen LogP contribution in [0.1, 0.15) is 11.1 Å². The highest BCUT2D eigenvalue weighted by molar-refractivity contribution is 6.42. The molecule has 0 amide bonds. The van der Waals surface area contributed by atoms with Crippen molar-refractivity contribution in [2.45, 2.75) is 6.61 Å². The summed E-state index contributed by atoms with van der Waals surface area (Å²) in [5, 5.41) is 9.66.